The molecule has 0 bridgehead atoms. The average molecular weight is 312 g/mol. The van der Waals surface area contributed by atoms with Crippen LogP contribution in [0.1, 0.15) is 18.9 Å². The zero-order chi connectivity index (χ0) is 13.7. The Morgan fingerprint density at radius 1 is 1.44 bits per heavy atom. The molecule has 0 unspecified atom stereocenters. The lowest BCUT2D eigenvalue weighted by Gasteiger charge is -2.10. The Bertz CT molecular complexity index is 485. The summed E-state index contributed by atoms with van der Waals surface area (Å²) in [7, 11) is 0. The summed E-state index contributed by atoms with van der Waals surface area (Å²) in [6, 6.07) is 7.20. The molecule has 0 radical (unpaired) electrons. The minimum atomic E-state index is -1.12. The number of carboxylic acid groups (broad SMARTS) is 1. The van der Waals surface area contributed by atoms with Crippen LogP contribution in [0.15, 0.2) is 28.7 Å². The maximum absolute atomic E-state index is 11.8. The van der Waals surface area contributed by atoms with Crippen molar-refractivity contribution in [1.29, 1.82) is 5.41 Å². The SMILES string of the molecule is CC[C@@H](C(=N)C(=O)Cc1cccc(Br)c1)C(=O)O. The second-order valence-corrected chi connectivity index (χ2v) is 4.86. The van der Waals surface area contributed by atoms with E-state index < -0.39 is 17.7 Å². The van der Waals surface area contributed by atoms with Crippen LogP contribution in [0, 0.1) is 11.3 Å². The van der Waals surface area contributed by atoms with Crippen molar-refractivity contribution in [3.05, 3.63) is 34.3 Å². The first kappa shape index (κ1) is 14.6. The Hall–Kier alpha value is -1.49. The van der Waals surface area contributed by atoms with Crippen LogP contribution in [0.2, 0.25) is 0 Å². The van der Waals surface area contributed by atoms with E-state index in [2.05, 4.69) is 15.9 Å². The van der Waals surface area contributed by atoms with E-state index in [0.717, 1.165) is 10.0 Å². The lowest BCUT2D eigenvalue weighted by molar-refractivity contribution is -0.139. The Labute approximate surface area is 114 Å². The summed E-state index contributed by atoms with van der Waals surface area (Å²) in [4.78, 5) is 22.7. The summed E-state index contributed by atoms with van der Waals surface area (Å²) in [5, 5.41) is 16.5. The van der Waals surface area contributed by atoms with Gasteiger partial charge in [0, 0.05) is 10.9 Å². The van der Waals surface area contributed by atoms with Crippen molar-refractivity contribution in [1.82, 2.24) is 0 Å². The topological polar surface area (TPSA) is 78.2 Å². The summed E-state index contributed by atoms with van der Waals surface area (Å²) < 4.78 is 0.851. The molecule has 1 atom stereocenters. The fraction of sp³-hybridized carbons (Fsp3) is 0.308. The van der Waals surface area contributed by atoms with Crippen molar-refractivity contribution in [2.24, 2.45) is 5.92 Å². The van der Waals surface area contributed by atoms with E-state index in [-0.39, 0.29) is 18.6 Å². The maximum atomic E-state index is 11.8. The first-order valence-corrected chi connectivity index (χ1v) is 6.34. The van der Waals surface area contributed by atoms with Crippen molar-refractivity contribution in [3.63, 3.8) is 0 Å². The molecule has 0 amide bonds. The maximum Gasteiger partial charge on any atom is 0.312 e. The van der Waals surface area contributed by atoms with Gasteiger partial charge in [-0.15, -0.1) is 0 Å². The predicted octanol–water partition coefficient (Wildman–Crippen LogP) is 2.69. The second kappa shape index (κ2) is 6.44. The smallest absolute Gasteiger partial charge is 0.312 e. The first-order chi connectivity index (χ1) is 8.45. The minimum absolute atomic E-state index is 0.0576. The van der Waals surface area contributed by atoms with E-state index in [1.54, 1.807) is 25.1 Å². The van der Waals surface area contributed by atoms with Gasteiger partial charge in [-0.3, -0.25) is 9.59 Å². The van der Waals surface area contributed by atoms with E-state index in [0.29, 0.717) is 0 Å². The number of halogens is 1. The van der Waals surface area contributed by atoms with Gasteiger partial charge < -0.3 is 10.5 Å². The van der Waals surface area contributed by atoms with Gasteiger partial charge in [-0.2, -0.15) is 0 Å². The van der Waals surface area contributed by atoms with Crippen molar-refractivity contribution < 1.29 is 14.7 Å². The Kier molecular flexibility index (Phi) is 5.22. The van der Waals surface area contributed by atoms with E-state index in [9.17, 15) is 9.59 Å². The minimum Gasteiger partial charge on any atom is -0.481 e. The van der Waals surface area contributed by atoms with Gasteiger partial charge in [0.1, 0.15) is 5.92 Å². The summed E-state index contributed by atoms with van der Waals surface area (Å²) in [6.07, 6.45) is 0.306. The summed E-state index contributed by atoms with van der Waals surface area (Å²) in [6.45, 7) is 1.65. The molecular formula is C13H14BrNO3. The number of benzene rings is 1. The van der Waals surface area contributed by atoms with Gasteiger partial charge >= 0.3 is 5.97 Å². The molecule has 0 spiro atoms. The summed E-state index contributed by atoms with van der Waals surface area (Å²) in [5.74, 6) is -2.57. The lowest BCUT2D eigenvalue weighted by Crippen LogP contribution is -2.30. The fourth-order valence-corrected chi connectivity index (χ4v) is 2.07. The molecule has 2 N–H and O–H groups in total. The molecule has 1 aromatic rings. The van der Waals surface area contributed by atoms with Crippen LogP contribution >= 0.6 is 15.9 Å². The van der Waals surface area contributed by atoms with Crippen molar-refractivity contribution in [3.8, 4) is 0 Å². The number of carbonyl (C=O) groups is 2. The zero-order valence-corrected chi connectivity index (χ0v) is 11.5. The quantitative estimate of drug-likeness (QED) is 0.793. The molecule has 5 heteroatoms. The number of Topliss-reactive ketones (excluding diaryl/α,β-unsaturated/α-hetero) is 1. The van der Waals surface area contributed by atoms with Crippen molar-refractivity contribution >= 4 is 33.4 Å². The lowest BCUT2D eigenvalue weighted by atomic mass is 9.94. The Balaban J connectivity index is 2.77. The highest BCUT2D eigenvalue weighted by Crippen LogP contribution is 2.14. The molecule has 96 valence electrons. The predicted molar refractivity (Wildman–Crippen MR) is 72.0 cm³/mol. The molecule has 0 heterocycles. The third-order valence-electron chi connectivity index (χ3n) is 2.61. The third kappa shape index (κ3) is 3.77. The van der Waals surface area contributed by atoms with Crippen LogP contribution < -0.4 is 0 Å². The number of aliphatic carboxylic acids is 1. The van der Waals surface area contributed by atoms with Crippen molar-refractivity contribution in [2.75, 3.05) is 0 Å². The van der Waals surface area contributed by atoms with Gasteiger partial charge in [-0.05, 0) is 24.1 Å². The van der Waals surface area contributed by atoms with Crippen LogP contribution in [-0.2, 0) is 16.0 Å². The van der Waals surface area contributed by atoms with Crippen LogP contribution in [0.25, 0.3) is 0 Å². The van der Waals surface area contributed by atoms with Gasteiger partial charge in [0.05, 0.1) is 5.71 Å². The van der Waals surface area contributed by atoms with E-state index in [1.165, 1.54) is 0 Å². The third-order valence-corrected chi connectivity index (χ3v) is 3.10. The molecule has 0 aliphatic carbocycles. The fourth-order valence-electron chi connectivity index (χ4n) is 1.62. The molecule has 0 fully saturated rings. The van der Waals surface area contributed by atoms with Crippen LogP contribution in [0.4, 0.5) is 0 Å². The highest BCUT2D eigenvalue weighted by molar-refractivity contribution is 9.10. The number of nitrogens with one attached hydrogen (secondary N) is 1. The molecule has 18 heavy (non-hydrogen) atoms. The number of carboxylic acids is 1. The highest BCUT2D eigenvalue weighted by Gasteiger charge is 2.25. The Morgan fingerprint density at radius 2 is 2.11 bits per heavy atom. The van der Waals surface area contributed by atoms with Crippen molar-refractivity contribution in [2.45, 2.75) is 19.8 Å². The number of hydrogen-bond acceptors (Lipinski definition) is 3. The monoisotopic (exact) mass is 311 g/mol. The molecule has 0 aliphatic rings. The summed E-state index contributed by atoms with van der Waals surface area (Å²) >= 11 is 3.30. The van der Waals surface area contributed by atoms with E-state index in [4.69, 9.17) is 10.5 Å². The standard InChI is InChI=1S/C13H14BrNO3/c1-2-10(13(17)18)12(15)11(16)7-8-4-3-5-9(14)6-8/h3-6,10,15H,2,7H2,1H3,(H,17,18)/t10-/m0/s1. The molecule has 1 aromatic carbocycles. The van der Waals surface area contributed by atoms with Gasteiger partial charge in [0.25, 0.3) is 0 Å². The largest absolute Gasteiger partial charge is 0.481 e. The van der Waals surface area contributed by atoms with Gasteiger partial charge in [0.2, 0.25) is 0 Å². The van der Waals surface area contributed by atoms with Gasteiger partial charge in [-0.25, -0.2) is 0 Å². The van der Waals surface area contributed by atoms with Gasteiger partial charge in [0.15, 0.2) is 5.78 Å². The summed E-state index contributed by atoms with van der Waals surface area (Å²) in [5.41, 5.74) is 0.435. The molecule has 0 saturated heterocycles. The highest BCUT2D eigenvalue weighted by atomic mass is 79.9. The number of hydrogen-bond donors (Lipinski definition) is 2. The molecule has 0 aliphatic heterocycles. The van der Waals surface area contributed by atoms with E-state index in [1.807, 2.05) is 6.07 Å². The van der Waals surface area contributed by atoms with Crippen LogP contribution in [0.3, 0.4) is 0 Å². The molecule has 1 rings (SSSR count). The zero-order valence-electron chi connectivity index (χ0n) is 9.94. The van der Waals surface area contributed by atoms with E-state index >= 15 is 0 Å². The molecular weight excluding hydrogens is 298 g/mol. The normalized spacial score (nSPS) is 11.9. The first-order valence-electron chi connectivity index (χ1n) is 5.54. The second-order valence-electron chi connectivity index (χ2n) is 3.94. The van der Waals surface area contributed by atoms with Crippen LogP contribution in [-0.4, -0.2) is 22.6 Å². The Morgan fingerprint density at radius 3 is 2.61 bits per heavy atom. The molecule has 4 nitrogen and oxygen atoms in total. The van der Waals surface area contributed by atoms with Gasteiger partial charge in [-0.1, -0.05) is 35.0 Å². The number of carbonyl (C=O) groups excluding carboxylic acids is 1. The van der Waals surface area contributed by atoms with Crippen LogP contribution in [0.5, 0.6) is 0 Å². The molecule has 0 aromatic heterocycles. The number of rotatable bonds is 6. The number of ketones is 1. The average Bonchev–Trinajstić information content (AvgIpc) is 2.29. The molecule has 0 saturated carbocycles.